The van der Waals surface area contributed by atoms with Crippen LogP contribution in [0.25, 0.3) is 5.78 Å². The van der Waals surface area contributed by atoms with Crippen molar-refractivity contribution in [2.75, 3.05) is 7.11 Å². The molecule has 0 amide bonds. The zero-order valence-corrected chi connectivity index (χ0v) is 13.5. The van der Waals surface area contributed by atoms with Gasteiger partial charge in [0.25, 0.3) is 0 Å². The SMILES string of the molecule is CCc1nc2nc(C(F)(F)F)ccn2c1C(=O)c1ccc(OC)cc1. The minimum atomic E-state index is -4.57. The summed E-state index contributed by atoms with van der Waals surface area (Å²) < 4.78 is 44.8. The van der Waals surface area contributed by atoms with Crippen LogP contribution in [0.3, 0.4) is 0 Å². The monoisotopic (exact) mass is 349 g/mol. The number of alkyl halides is 3. The number of hydrogen-bond donors (Lipinski definition) is 0. The van der Waals surface area contributed by atoms with Crippen LogP contribution in [0.15, 0.2) is 36.5 Å². The Morgan fingerprint density at radius 1 is 1.16 bits per heavy atom. The summed E-state index contributed by atoms with van der Waals surface area (Å²) in [4.78, 5) is 20.5. The van der Waals surface area contributed by atoms with E-state index in [9.17, 15) is 18.0 Å². The zero-order valence-electron chi connectivity index (χ0n) is 13.5. The summed E-state index contributed by atoms with van der Waals surface area (Å²) in [7, 11) is 1.51. The van der Waals surface area contributed by atoms with Crippen molar-refractivity contribution < 1.29 is 22.7 Å². The van der Waals surface area contributed by atoms with Gasteiger partial charge in [0.15, 0.2) is 0 Å². The lowest BCUT2D eigenvalue weighted by Crippen LogP contribution is -2.11. The first-order valence-electron chi connectivity index (χ1n) is 7.49. The molecule has 130 valence electrons. The number of methoxy groups -OCH3 is 1. The number of hydrogen-bond acceptors (Lipinski definition) is 4. The third-order valence-corrected chi connectivity index (χ3v) is 3.76. The first kappa shape index (κ1) is 16.9. The number of carbonyl (C=O) groups excluding carboxylic acids is 1. The highest BCUT2D eigenvalue weighted by molar-refractivity contribution is 6.09. The van der Waals surface area contributed by atoms with Crippen LogP contribution in [0.4, 0.5) is 13.2 Å². The highest BCUT2D eigenvalue weighted by atomic mass is 19.4. The predicted octanol–water partition coefficient (Wildman–Crippen LogP) is 3.55. The maximum absolute atomic E-state index is 12.8. The van der Waals surface area contributed by atoms with Gasteiger partial charge in [0.2, 0.25) is 11.6 Å². The topological polar surface area (TPSA) is 56.5 Å². The number of aryl methyl sites for hydroxylation is 1. The van der Waals surface area contributed by atoms with Crippen molar-refractivity contribution in [1.82, 2.24) is 14.4 Å². The summed E-state index contributed by atoms with van der Waals surface area (Å²) in [6.07, 6.45) is -3.00. The number of ether oxygens (including phenoxy) is 1. The number of halogens is 3. The Bertz CT molecular complexity index is 931. The molecule has 0 saturated carbocycles. The summed E-state index contributed by atoms with van der Waals surface area (Å²) in [5.41, 5.74) is -0.0511. The second-order valence-electron chi connectivity index (χ2n) is 5.30. The molecule has 2 aromatic heterocycles. The molecule has 3 rings (SSSR count). The first-order chi connectivity index (χ1) is 11.8. The average molecular weight is 349 g/mol. The van der Waals surface area contributed by atoms with Crippen LogP contribution < -0.4 is 4.74 Å². The van der Waals surface area contributed by atoms with Gasteiger partial charge >= 0.3 is 6.18 Å². The first-order valence-corrected chi connectivity index (χ1v) is 7.49. The Kier molecular flexibility index (Phi) is 4.20. The molecule has 3 aromatic rings. The maximum Gasteiger partial charge on any atom is 0.433 e. The van der Waals surface area contributed by atoms with E-state index in [1.165, 1.54) is 17.7 Å². The fourth-order valence-corrected chi connectivity index (χ4v) is 2.50. The van der Waals surface area contributed by atoms with Crippen molar-refractivity contribution in [3.8, 4) is 5.75 Å². The fourth-order valence-electron chi connectivity index (χ4n) is 2.50. The molecule has 0 radical (unpaired) electrons. The highest BCUT2D eigenvalue weighted by Crippen LogP contribution is 2.28. The number of aromatic nitrogens is 3. The number of nitrogens with zero attached hydrogens (tertiary/aromatic N) is 3. The molecule has 25 heavy (non-hydrogen) atoms. The second kappa shape index (κ2) is 6.19. The van der Waals surface area contributed by atoms with Crippen LogP contribution >= 0.6 is 0 Å². The predicted molar refractivity (Wildman–Crippen MR) is 83.8 cm³/mol. The molecule has 0 spiro atoms. The van der Waals surface area contributed by atoms with Gasteiger partial charge in [-0.25, -0.2) is 9.97 Å². The van der Waals surface area contributed by atoms with Crippen molar-refractivity contribution in [3.63, 3.8) is 0 Å². The van der Waals surface area contributed by atoms with Gasteiger partial charge in [-0.05, 0) is 36.8 Å². The van der Waals surface area contributed by atoms with Gasteiger partial charge in [-0.15, -0.1) is 0 Å². The van der Waals surface area contributed by atoms with Crippen molar-refractivity contribution >= 4 is 11.6 Å². The molecule has 0 saturated heterocycles. The van der Waals surface area contributed by atoms with Crippen LogP contribution in [-0.4, -0.2) is 27.3 Å². The molecule has 0 N–H and O–H groups in total. The Balaban J connectivity index is 2.12. The lowest BCUT2D eigenvalue weighted by Gasteiger charge is -2.07. The van der Waals surface area contributed by atoms with Crippen LogP contribution in [0.2, 0.25) is 0 Å². The number of benzene rings is 1. The number of ketones is 1. The van der Waals surface area contributed by atoms with Gasteiger partial charge < -0.3 is 4.74 Å². The molecule has 5 nitrogen and oxygen atoms in total. The molecule has 0 atom stereocenters. The van der Waals surface area contributed by atoms with E-state index in [0.717, 1.165) is 6.07 Å². The van der Waals surface area contributed by atoms with E-state index in [0.29, 0.717) is 23.4 Å². The van der Waals surface area contributed by atoms with Gasteiger partial charge in [-0.3, -0.25) is 9.20 Å². The van der Waals surface area contributed by atoms with Crippen molar-refractivity contribution in [1.29, 1.82) is 0 Å². The van der Waals surface area contributed by atoms with Gasteiger partial charge in [-0.2, -0.15) is 13.2 Å². The van der Waals surface area contributed by atoms with Crippen LogP contribution in [0, 0.1) is 0 Å². The van der Waals surface area contributed by atoms with E-state index in [1.54, 1.807) is 31.2 Å². The van der Waals surface area contributed by atoms with E-state index in [2.05, 4.69) is 9.97 Å². The largest absolute Gasteiger partial charge is 0.497 e. The Hall–Kier alpha value is -2.90. The third kappa shape index (κ3) is 3.07. The van der Waals surface area contributed by atoms with Gasteiger partial charge in [-0.1, -0.05) is 6.92 Å². The number of imidazole rings is 1. The quantitative estimate of drug-likeness (QED) is 0.676. The van der Waals surface area contributed by atoms with Crippen LogP contribution in [0.5, 0.6) is 5.75 Å². The molecule has 0 aliphatic heterocycles. The van der Waals surface area contributed by atoms with Crippen molar-refractivity contribution in [3.05, 3.63) is 59.2 Å². The number of carbonyl (C=O) groups is 1. The fraction of sp³-hybridized carbons (Fsp3) is 0.235. The minimum absolute atomic E-state index is 0.150. The summed E-state index contributed by atoms with van der Waals surface area (Å²) in [5.74, 6) is 0.110. The lowest BCUT2D eigenvalue weighted by atomic mass is 10.1. The van der Waals surface area contributed by atoms with E-state index < -0.39 is 11.9 Å². The molecular formula is C17H14F3N3O2. The van der Waals surface area contributed by atoms with Crippen molar-refractivity contribution in [2.45, 2.75) is 19.5 Å². The smallest absolute Gasteiger partial charge is 0.433 e. The van der Waals surface area contributed by atoms with Gasteiger partial charge in [0.1, 0.15) is 17.1 Å². The summed E-state index contributed by atoms with van der Waals surface area (Å²) in [6, 6.07) is 7.30. The zero-order chi connectivity index (χ0) is 18.2. The molecule has 0 fully saturated rings. The summed E-state index contributed by atoms with van der Waals surface area (Å²) >= 11 is 0. The molecule has 1 aromatic carbocycles. The molecule has 2 heterocycles. The molecule has 0 bridgehead atoms. The number of fused-ring (bicyclic) bond motifs is 1. The summed E-state index contributed by atoms with van der Waals surface area (Å²) in [5, 5.41) is 0. The standard InChI is InChI=1S/C17H14F3N3O2/c1-3-12-14(15(24)10-4-6-11(25-2)7-5-10)23-9-8-13(17(18,19)20)22-16(23)21-12/h4-9H,3H2,1-2H3. The van der Waals surface area contributed by atoms with Gasteiger partial charge in [0, 0.05) is 11.8 Å². The van der Waals surface area contributed by atoms with Gasteiger partial charge in [0.05, 0.1) is 12.8 Å². The Morgan fingerprint density at radius 3 is 2.40 bits per heavy atom. The maximum atomic E-state index is 12.8. The second-order valence-corrected chi connectivity index (χ2v) is 5.30. The van der Waals surface area contributed by atoms with E-state index in [4.69, 9.17) is 4.74 Å². The average Bonchev–Trinajstić information content (AvgIpc) is 2.98. The van der Waals surface area contributed by atoms with E-state index >= 15 is 0 Å². The third-order valence-electron chi connectivity index (χ3n) is 3.76. The van der Waals surface area contributed by atoms with Crippen molar-refractivity contribution in [2.24, 2.45) is 0 Å². The van der Waals surface area contributed by atoms with Crippen LogP contribution in [0.1, 0.15) is 34.4 Å². The molecule has 0 unspecified atom stereocenters. The Labute approximate surface area is 141 Å². The Morgan fingerprint density at radius 2 is 1.84 bits per heavy atom. The molecule has 8 heteroatoms. The van der Waals surface area contributed by atoms with E-state index in [-0.39, 0.29) is 17.3 Å². The molecule has 0 aliphatic rings. The summed E-state index contributed by atoms with van der Waals surface area (Å²) in [6.45, 7) is 1.78. The van der Waals surface area contributed by atoms with E-state index in [1.807, 2.05) is 0 Å². The highest BCUT2D eigenvalue weighted by Gasteiger charge is 2.33. The minimum Gasteiger partial charge on any atom is -0.497 e. The van der Waals surface area contributed by atoms with Crippen LogP contribution in [-0.2, 0) is 12.6 Å². The lowest BCUT2D eigenvalue weighted by molar-refractivity contribution is -0.141. The molecular weight excluding hydrogens is 335 g/mol. The molecule has 0 aliphatic carbocycles. The number of rotatable bonds is 4. The normalized spacial score (nSPS) is 11.7.